The molecule has 42 heavy (non-hydrogen) atoms. The Hall–Kier alpha value is -4.87. The highest BCUT2D eigenvalue weighted by atomic mass is 19.4. The summed E-state index contributed by atoms with van der Waals surface area (Å²) in [5.74, 6) is -4.49. The Bertz CT molecular complexity index is 1400. The normalized spacial score (nSPS) is 12.9. The number of hydrogen-bond donors (Lipinski definition) is 2. The number of esters is 1. The fourth-order valence-electron chi connectivity index (χ4n) is 4.76. The van der Waals surface area contributed by atoms with Gasteiger partial charge in [0, 0.05) is 5.92 Å². The molecule has 2 N–H and O–H groups in total. The van der Waals surface area contributed by atoms with E-state index < -0.39 is 55.7 Å². The molecular weight excluding hydrogens is 557 g/mol. The van der Waals surface area contributed by atoms with Gasteiger partial charge in [-0.1, -0.05) is 78.9 Å². The first-order chi connectivity index (χ1) is 20.0. The second-order valence-electron chi connectivity index (χ2n) is 9.58. The van der Waals surface area contributed by atoms with Crippen molar-refractivity contribution in [1.29, 1.82) is 0 Å². The topological polar surface area (TPSA) is 122 Å². The summed E-state index contributed by atoms with van der Waals surface area (Å²) < 4.78 is 50.0. The fourth-order valence-corrected chi connectivity index (χ4v) is 4.76. The number of nitrogens with one attached hydrogen (secondary N) is 1. The van der Waals surface area contributed by atoms with Crippen LogP contribution in [0.3, 0.4) is 0 Å². The van der Waals surface area contributed by atoms with Crippen LogP contribution in [0, 0.1) is 0 Å². The molecular formula is C30H27F3N2O7. The van der Waals surface area contributed by atoms with Crippen LogP contribution in [0.25, 0.3) is 11.1 Å². The van der Waals surface area contributed by atoms with E-state index in [0.717, 1.165) is 22.3 Å². The Kier molecular flexibility index (Phi) is 9.46. The number of alkyl halides is 3. The van der Waals surface area contributed by atoms with Gasteiger partial charge in [0.05, 0.1) is 6.42 Å². The van der Waals surface area contributed by atoms with E-state index in [2.05, 4.69) is 5.32 Å². The average molecular weight is 585 g/mol. The van der Waals surface area contributed by atoms with E-state index in [1.54, 1.807) is 30.3 Å². The van der Waals surface area contributed by atoms with Gasteiger partial charge in [0.25, 0.3) is 0 Å². The number of halogens is 3. The van der Waals surface area contributed by atoms with E-state index in [0.29, 0.717) is 5.56 Å². The standard InChI is InChI=1S/C30H27F3N2O7/c31-30(32,33)18-35(15-26(36)37)28(39)25(14-27(38)41-16-19-8-2-1-3-9-19)34-29(40)42-17-24-22-12-6-4-10-20(22)21-11-5-7-13-23(21)24/h1-13,24-25H,14-18H2,(H,34,40)(H,36,37)/t25-/m0/s1. The number of nitrogens with zero attached hydrogens (tertiary/aromatic N) is 1. The Labute approximate surface area is 238 Å². The lowest BCUT2D eigenvalue weighted by molar-refractivity contribution is -0.167. The van der Waals surface area contributed by atoms with Crippen molar-refractivity contribution in [1.82, 2.24) is 10.2 Å². The van der Waals surface area contributed by atoms with Gasteiger partial charge >= 0.3 is 24.2 Å². The number of aliphatic carboxylic acids is 1. The van der Waals surface area contributed by atoms with Crippen LogP contribution < -0.4 is 5.32 Å². The van der Waals surface area contributed by atoms with Crippen LogP contribution in [0.4, 0.5) is 18.0 Å². The SMILES string of the molecule is O=C(O)CN(CC(F)(F)F)C(=O)[C@H](CC(=O)OCc1ccccc1)NC(=O)OCC1c2ccccc2-c2ccccc21. The van der Waals surface area contributed by atoms with Crippen molar-refractivity contribution < 1.29 is 46.9 Å². The Morgan fingerprint density at radius 3 is 2.00 bits per heavy atom. The summed E-state index contributed by atoms with van der Waals surface area (Å²) in [5, 5.41) is 11.2. The van der Waals surface area contributed by atoms with Crippen molar-refractivity contribution in [2.24, 2.45) is 0 Å². The molecule has 0 spiro atoms. The molecule has 3 aromatic rings. The zero-order chi connectivity index (χ0) is 30.3. The van der Waals surface area contributed by atoms with Crippen LogP contribution in [-0.2, 0) is 30.5 Å². The van der Waals surface area contributed by atoms with Gasteiger partial charge < -0.3 is 24.8 Å². The number of carboxylic acids is 1. The van der Waals surface area contributed by atoms with E-state index in [1.165, 1.54) is 0 Å². The predicted octanol–water partition coefficient (Wildman–Crippen LogP) is 4.50. The van der Waals surface area contributed by atoms with E-state index in [-0.39, 0.29) is 24.0 Å². The maximum absolute atomic E-state index is 13.2. The molecule has 4 rings (SSSR count). The average Bonchev–Trinajstić information content (AvgIpc) is 3.27. The number of carbonyl (C=O) groups is 4. The van der Waals surface area contributed by atoms with Crippen molar-refractivity contribution in [3.05, 3.63) is 95.6 Å². The molecule has 1 aliphatic rings. The minimum Gasteiger partial charge on any atom is -0.480 e. The van der Waals surface area contributed by atoms with Crippen molar-refractivity contribution >= 4 is 23.9 Å². The number of amides is 2. The molecule has 0 aliphatic heterocycles. The fraction of sp³-hybridized carbons (Fsp3) is 0.267. The van der Waals surface area contributed by atoms with Gasteiger partial charge in [0.15, 0.2) is 0 Å². The monoisotopic (exact) mass is 584 g/mol. The molecule has 3 aromatic carbocycles. The summed E-state index contributed by atoms with van der Waals surface area (Å²) >= 11 is 0. The molecule has 0 radical (unpaired) electrons. The smallest absolute Gasteiger partial charge is 0.407 e. The summed E-state index contributed by atoms with van der Waals surface area (Å²) in [5.41, 5.74) is 4.35. The highest BCUT2D eigenvalue weighted by Gasteiger charge is 2.38. The number of rotatable bonds is 11. The lowest BCUT2D eigenvalue weighted by Crippen LogP contribution is -2.53. The van der Waals surface area contributed by atoms with Crippen LogP contribution in [-0.4, -0.2) is 65.9 Å². The lowest BCUT2D eigenvalue weighted by atomic mass is 9.98. The van der Waals surface area contributed by atoms with Gasteiger partial charge in [0.2, 0.25) is 5.91 Å². The third-order valence-electron chi connectivity index (χ3n) is 6.56. The zero-order valence-corrected chi connectivity index (χ0v) is 22.2. The van der Waals surface area contributed by atoms with Crippen molar-refractivity contribution in [3.63, 3.8) is 0 Å². The number of carbonyl (C=O) groups excluding carboxylic acids is 3. The van der Waals surface area contributed by atoms with E-state index in [4.69, 9.17) is 14.6 Å². The van der Waals surface area contributed by atoms with Gasteiger partial charge in [0.1, 0.15) is 32.3 Å². The molecule has 12 heteroatoms. The second kappa shape index (κ2) is 13.2. The molecule has 0 fully saturated rings. The van der Waals surface area contributed by atoms with E-state index in [9.17, 15) is 32.3 Å². The number of carboxylic acid groups (broad SMARTS) is 1. The first kappa shape index (κ1) is 30.1. The molecule has 1 aliphatic carbocycles. The van der Waals surface area contributed by atoms with Gasteiger partial charge in [-0.2, -0.15) is 13.2 Å². The van der Waals surface area contributed by atoms with Gasteiger partial charge in [-0.25, -0.2) is 4.79 Å². The highest BCUT2D eigenvalue weighted by Crippen LogP contribution is 2.44. The van der Waals surface area contributed by atoms with Crippen molar-refractivity contribution in [2.75, 3.05) is 19.7 Å². The van der Waals surface area contributed by atoms with Gasteiger partial charge in [-0.3, -0.25) is 14.4 Å². The van der Waals surface area contributed by atoms with Crippen molar-refractivity contribution in [2.45, 2.75) is 31.2 Å². The summed E-state index contributed by atoms with van der Waals surface area (Å²) in [6.45, 7) is -3.56. The molecule has 1 atom stereocenters. The maximum Gasteiger partial charge on any atom is 0.407 e. The van der Waals surface area contributed by atoms with Crippen molar-refractivity contribution in [3.8, 4) is 11.1 Å². The molecule has 0 saturated carbocycles. The summed E-state index contributed by atoms with van der Waals surface area (Å²) in [4.78, 5) is 49.7. The Balaban J connectivity index is 1.48. The number of ether oxygens (including phenoxy) is 2. The second-order valence-corrected chi connectivity index (χ2v) is 9.58. The zero-order valence-electron chi connectivity index (χ0n) is 22.2. The first-order valence-corrected chi connectivity index (χ1v) is 12.9. The number of fused-ring (bicyclic) bond motifs is 3. The largest absolute Gasteiger partial charge is 0.480 e. The highest BCUT2D eigenvalue weighted by molar-refractivity contribution is 5.91. The predicted molar refractivity (Wildman–Crippen MR) is 143 cm³/mol. The summed E-state index contributed by atoms with van der Waals surface area (Å²) in [6, 6.07) is 21.7. The third kappa shape index (κ3) is 7.87. The maximum atomic E-state index is 13.2. The molecule has 2 amide bonds. The molecule has 0 aromatic heterocycles. The number of benzene rings is 3. The van der Waals surface area contributed by atoms with E-state index in [1.807, 2.05) is 48.5 Å². The lowest BCUT2D eigenvalue weighted by Gasteiger charge is -2.27. The Morgan fingerprint density at radius 1 is 0.857 bits per heavy atom. The van der Waals surface area contributed by atoms with Crippen LogP contribution in [0.2, 0.25) is 0 Å². The minimum atomic E-state index is -4.94. The van der Waals surface area contributed by atoms with Crippen LogP contribution >= 0.6 is 0 Å². The Morgan fingerprint density at radius 2 is 1.43 bits per heavy atom. The van der Waals surface area contributed by atoms with Gasteiger partial charge in [-0.05, 0) is 27.8 Å². The van der Waals surface area contributed by atoms with E-state index >= 15 is 0 Å². The van der Waals surface area contributed by atoms with Crippen LogP contribution in [0.1, 0.15) is 29.0 Å². The molecule has 0 bridgehead atoms. The molecule has 0 saturated heterocycles. The molecule has 0 unspecified atom stereocenters. The first-order valence-electron chi connectivity index (χ1n) is 12.9. The minimum absolute atomic E-state index is 0.00121. The third-order valence-corrected chi connectivity index (χ3v) is 6.56. The molecule has 220 valence electrons. The summed E-state index contributed by atoms with van der Waals surface area (Å²) in [7, 11) is 0. The van der Waals surface area contributed by atoms with Crippen LogP contribution in [0.15, 0.2) is 78.9 Å². The van der Waals surface area contributed by atoms with Gasteiger partial charge in [-0.15, -0.1) is 0 Å². The quantitative estimate of drug-likeness (QED) is 0.318. The number of alkyl carbamates (subject to hydrolysis) is 1. The number of hydrogen-bond acceptors (Lipinski definition) is 6. The van der Waals surface area contributed by atoms with Crippen LogP contribution in [0.5, 0.6) is 0 Å². The molecule has 9 nitrogen and oxygen atoms in total. The summed E-state index contributed by atoms with van der Waals surface area (Å²) in [6.07, 6.45) is -6.97. The molecule has 0 heterocycles.